The Hall–Kier alpha value is -2.80. The topological polar surface area (TPSA) is 28.4 Å². The molecule has 0 aliphatic carbocycles. The van der Waals surface area contributed by atoms with Gasteiger partial charge in [-0.3, -0.25) is 4.90 Å². The normalized spacial score (nSPS) is 14.3. The maximum atomic E-state index is 14.8. The first-order chi connectivity index (χ1) is 15.5. The summed E-state index contributed by atoms with van der Waals surface area (Å²) in [5.41, 5.74) is 4.26. The molecule has 0 spiro atoms. The molecule has 3 nitrogen and oxygen atoms in total. The molecule has 0 amide bonds. The summed E-state index contributed by atoms with van der Waals surface area (Å²) in [4.78, 5) is 2.23. The minimum absolute atomic E-state index is 0. The smallest absolute Gasteiger partial charge is 0.132 e. The molecule has 33 heavy (non-hydrogen) atoms. The molecule has 1 N–H and O–H groups in total. The lowest BCUT2D eigenvalue weighted by Gasteiger charge is -2.18. The average Bonchev–Trinajstić information content (AvgIpc) is 3.31. The minimum atomic E-state index is -0.646. The van der Waals surface area contributed by atoms with Crippen LogP contribution in [-0.2, 0) is 13.1 Å². The third-order valence-electron chi connectivity index (χ3n) is 6.20. The van der Waals surface area contributed by atoms with Crippen LogP contribution >= 0.6 is 12.4 Å². The molecule has 0 radical (unpaired) electrons. The van der Waals surface area contributed by atoms with E-state index in [9.17, 15) is 18.3 Å². The van der Waals surface area contributed by atoms with Crippen molar-refractivity contribution in [1.29, 1.82) is 0 Å². The largest absolute Gasteiger partial charge is 0.388 e. The molecular weight excluding hydrogens is 449 g/mol. The molecule has 1 aliphatic rings. The van der Waals surface area contributed by atoms with Gasteiger partial charge in [-0.05, 0) is 79.0 Å². The lowest BCUT2D eigenvalue weighted by molar-refractivity contribution is 0.155. The predicted octanol–water partition coefficient (Wildman–Crippen LogP) is 6.30. The summed E-state index contributed by atoms with van der Waals surface area (Å²) >= 11 is 0. The van der Waals surface area contributed by atoms with Crippen LogP contribution < -0.4 is 0 Å². The summed E-state index contributed by atoms with van der Waals surface area (Å²) in [6.45, 7) is 2.01. The van der Waals surface area contributed by atoms with Crippen LogP contribution in [0.5, 0.6) is 0 Å². The molecule has 0 bridgehead atoms. The first-order valence-electron chi connectivity index (χ1n) is 10.7. The zero-order valence-corrected chi connectivity index (χ0v) is 18.7. The van der Waals surface area contributed by atoms with Gasteiger partial charge in [-0.1, -0.05) is 18.2 Å². The fraction of sp³-hybridized carbons (Fsp3) is 0.231. The minimum Gasteiger partial charge on any atom is -0.388 e. The van der Waals surface area contributed by atoms with Crippen molar-refractivity contribution in [1.82, 2.24) is 9.47 Å². The Balaban J connectivity index is 0.00000259. The van der Waals surface area contributed by atoms with Crippen LogP contribution in [0.1, 0.15) is 35.8 Å². The van der Waals surface area contributed by atoms with Crippen molar-refractivity contribution in [2.75, 3.05) is 6.54 Å². The van der Waals surface area contributed by atoms with E-state index in [-0.39, 0.29) is 29.9 Å². The van der Waals surface area contributed by atoms with Gasteiger partial charge in [0.15, 0.2) is 0 Å². The number of halogens is 4. The van der Waals surface area contributed by atoms with E-state index in [4.69, 9.17) is 0 Å². The summed E-state index contributed by atoms with van der Waals surface area (Å²) in [5, 5.41) is 11.0. The lowest BCUT2D eigenvalue weighted by Crippen LogP contribution is -2.19. The summed E-state index contributed by atoms with van der Waals surface area (Å²) in [6.07, 6.45) is 0.658. The summed E-state index contributed by atoms with van der Waals surface area (Å²) in [6, 6.07) is 17.2. The van der Waals surface area contributed by atoms with E-state index in [1.165, 1.54) is 30.3 Å². The quantitative estimate of drug-likeness (QED) is 0.357. The summed E-state index contributed by atoms with van der Waals surface area (Å²) < 4.78 is 43.4. The number of rotatable bonds is 6. The number of hydrogen-bond acceptors (Lipinski definition) is 2. The highest BCUT2D eigenvalue weighted by Crippen LogP contribution is 2.37. The van der Waals surface area contributed by atoms with Crippen LogP contribution in [0.3, 0.4) is 0 Å². The Bertz CT molecular complexity index is 1260. The number of aliphatic hydroxyl groups is 1. The van der Waals surface area contributed by atoms with Gasteiger partial charge >= 0.3 is 0 Å². The zero-order valence-electron chi connectivity index (χ0n) is 17.8. The highest BCUT2D eigenvalue weighted by atomic mass is 35.5. The van der Waals surface area contributed by atoms with E-state index in [1.807, 2.05) is 10.6 Å². The molecule has 0 saturated carbocycles. The van der Waals surface area contributed by atoms with Crippen molar-refractivity contribution in [2.24, 2.45) is 0 Å². The molecule has 7 heteroatoms. The molecule has 3 aromatic carbocycles. The summed E-state index contributed by atoms with van der Waals surface area (Å²) in [7, 11) is 0. The highest BCUT2D eigenvalue weighted by molar-refractivity contribution is 5.88. The lowest BCUT2D eigenvalue weighted by atomic mass is 10.0. The standard InChI is InChI=1S/C26H23F3N2O.ClH/c27-18-8-6-17(7-9-18)25(32)5-2-14-30-15-21-24(16-30)31(20-12-10-19(28)11-13-20)23-4-1-3-22(29)26(21)23;/h1,3-4,6-13,25,32H,2,5,14-16H2;1H. The summed E-state index contributed by atoms with van der Waals surface area (Å²) in [5.74, 6) is -0.889. The Labute approximate surface area is 196 Å². The second kappa shape index (κ2) is 9.59. The Morgan fingerprint density at radius 1 is 0.848 bits per heavy atom. The average molecular weight is 473 g/mol. The molecule has 172 valence electrons. The van der Waals surface area contributed by atoms with E-state index in [1.54, 1.807) is 30.3 Å². The number of fused-ring (bicyclic) bond motifs is 3. The van der Waals surface area contributed by atoms with Gasteiger partial charge in [0, 0.05) is 29.9 Å². The molecule has 1 aliphatic heterocycles. The SMILES string of the molecule is Cl.OC(CCCN1Cc2c(n(-c3ccc(F)cc3)c3cccc(F)c23)C1)c1ccc(F)cc1. The van der Waals surface area contributed by atoms with Gasteiger partial charge in [0.05, 0.1) is 11.6 Å². The molecule has 4 aromatic rings. The number of aromatic nitrogens is 1. The van der Waals surface area contributed by atoms with Gasteiger partial charge in [0.2, 0.25) is 0 Å². The first-order valence-corrected chi connectivity index (χ1v) is 10.7. The molecule has 0 fully saturated rings. The second-order valence-electron chi connectivity index (χ2n) is 8.29. The third-order valence-corrected chi connectivity index (χ3v) is 6.20. The molecule has 1 unspecified atom stereocenters. The van der Waals surface area contributed by atoms with E-state index < -0.39 is 6.10 Å². The van der Waals surface area contributed by atoms with Crippen LogP contribution in [0.4, 0.5) is 13.2 Å². The highest BCUT2D eigenvalue weighted by Gasteiger charge is 2.28. The van der Waals surface area contributed by atoms with E-state index in [0.29, 0.717) is 30.5 Å². The molecular formula is C26H24ClF3N2O. The first kappa shape index (κ1) is 23.4. The van der Waals surface area contributed by atoms with Crippen molar-refractivity contribution in [3.63, 3.8) is 0 Å². The van der Waals surface area contributed by atoms with Crippen LogP contribution in [0.25, 0.3) is 16.6 Å². The Morgan fingerprint density at radius 2 is 1.52 bits per heavy atom. The molecule has 1 aromatic heterocycles. The Kier molecular flexibility index (Phi) is 6.79. The van der Waals surface area contributed by atoms with Crippen LogP contribution in [0, 0.1) is 17.5 Å². The van der Waals surface area contributed by atoms with Crippen LogP contribution in [0.2, 0.25) is 0 Å². The maximum absolute atomic E-state index is 14.8. The van der Waals surface area contributed by atoms with E-state index in [0.717, 1.165) is 35.4 Å². The second-order valence-corrected chi connectivity index (χ2v) is 8.29. The van der Waals surface area contributed by atoms with Gasteiger partial charge < -0.3 is 9.67 Å². The number of benzene rings is 3. The number of aliphatic hydroxyl groups excluding tert-OH is 1. The fourth-order valence-corrected chi connectivity index (χ4v) is 4.65. The van der Waals surface area contributed by atoms with Crippen molar-refractivity contribution in [2.45, 2.75) is 32.0 Å². The molecule has 2 heterocycles. The number of hydrogen-bond donors (Lipinski definition) is 1. The van der Waals surface area contributed by atoms with E-state index >= 15 is 0 Å². The van der Waals surface area contributed by atoms with Gasteiger partial charge in [-0.15, -0.1) is 12.4 Å². The van der Waals surface area contributed by atoms with Crippen molar-refractivity contribution in [3.8, 4) is 5.69 Å². The number of nitrogens with zero attached hydrogens (tertiary/aromatic N) is 2. The fourth-order valence-electron chi connectivity index (χ4n) is 4.65. The molecule has 1 atom stereocenters. The van der Waals surface area contributed by atoms with Gasteiger partial charge in [0.25, 0.3) is 0 Å². The van der Waals surface area contributed by atoms with Gasteiger partial charge in [0.1, 0.15) is 17.5 Å². The monoisotopic (exact) mass is 472 g/mol. The maximum Gasteiger partial charge on any atom is 0.132 e. The predicted molar refractivity (Wildman–Crippen MR) is 125 cm³/mol. The molecule has 5 rings (SSSR count). The van der Waals surface area contributed by atoms with Crippen molar-refractivity contribution in [3.05, 3.63) is 101 Å². The van der Waals surface area contributed by atoms with Crippen LogP contribution in [0.15, 0.2) is 66.7 Å². The zero-order chi connectivity index (χ0) is 22.2. The van der Waals surface area contributed by atoms with E-state index in [2.05, 4.69) is 4.90 Å². The third kappa shape index (κ3) is 4.51. The van der Waals surface area contributed by atoms with Crippen molar-refractivity contribution < 1.29 is 18.3 Å². The van der Waals surface area contributed by atoms with Gasteiger partial charge in [-0.25, -0.2) is 13.2 Å². The Morgan fingerprint density at radius 3 is 2.21 bits per heavy atom. The van der Waals surface area contributed by atoms with Crippen molar-refractivity contribution >= 4 is 23.3 Å². The van der Waals surface area contributed by atoms with Gasteiger partial charge in [-0.2, -0.15) is 0 Å². The van der Waals surface area contributed by atoms with Crippen LogP contribution in [-0.4, -0.2) is 21.1 Å². The molecule has 0 saturated heterocycles.